The molecular weight excluding hydrogens is 378 g/mol. The lowest BCUT2D eigenvalue weighted by atomic mass is 9.89. The van der Waals surface area contributed by atoms with Gasteiger partial charge in [-0.25, -0.2) is 4.79 Å². The molecule has 2 aliphatic heterocycles. The average molecular weight is 408 g/mol. The summed E-state index contributed by atoms with van der Waals surface area (Å²) in [5, 5.41) is 3.00. The minimum absolute atomic E-state index is 0.0287. The van der Waals surface area contributed by atoms with Gasteiger partial charge in [0.2, 0.25) is 0 Å². The molecule has 0 unspecified atom stereocenters. The summed E-state index contributed by atoms with van der Waals surface area (Å²) in [7, 11) is 0. The van der Waals surface area contributed by atoms with Gasteiger partial charge in [0, 0.05) is 42.9 Å². The molecule has 5 heteroatoms. The van der Waals surface area contributed by atoms with E-state index in [0.29, 0.717) is 0 Å². The van der Waals surface area contributed by atoms with Gasteiger partial charge >= 0.3 is 6.03 Å². The number of urea groups is 1. The summed E-state index contributed by atoms with van der Waals surface area (Å²) in [5.74, 6) is 2.37. The fourth-order valence-electron chi connectivity index (χ4n) is 4.36. The number of nitrogens with one attached hydrogen (secondary N) is 1. The van der Waals surface area contributed by atoms with E-state index in [1.54, 1.807) is 0 Å². The van der Waals surface area contributed by atoms with Crippen molar-refractivity contribution in [3.8, 4) is 0 Å². The number of likely N-dealkylation sites (tertiary alicyclic amines) is 2. The predicted molar refractivity (Wildman–Crippen MR) is 107 cm³/mol. The smallest absolute Gasteiger partial charge is 0.321 e. The van der Waals surface area contributed by atoms with Crippen molar-refractivity contribution in [3.63, 3.8) is 0 Å². The van der Waals surface area contributed by atoms with Crippen LogP contribution >= 0.6 is 15.9 Å². The predicted octanol–water partition coefficient (Wildman–Crippen LogP) is 4.67. The van der Waals surface area contributed by atoms with Gasteiger partial charge in [0.15, 0.2) is 0 Å². The maximum absolute atomic E-state index is 12.4. The van der Waals surface area contributed by atoms with E-state index < -0.39 is 0 Å². The highest BCUT2D eigenvalue weighted by Crippen LogP contribution is 2.25. The standard InChI is InChI=1S/C20H30BrN3O/c1-15-11-16(2)13-23(12-15)14-17-7-9-24(10-8-17)20(25)22-19-5-3-18(21)4-6-19/h3-6,15-17H,7-14H2,1-2H3,(H,22,25)/t15-,16-/m0/s1. The summed E-state index contributed by atoms with van der Waals surface area (Å²) in [6.07, 6.45) is 3.60. The second-order valence-corrected chi connectivity index (χ2v) is 8.95. The van der Waals surface area contributed by atoms with E-state index in [1.165, 1.54) is 26.1 Å². The molecule has 2 aliphatic rings. The Labute approximate surface area is 160 Å². The first-order valence-electron chi connectivity index (χ1n) is 9.53. The summed E-state index contributed by atoms with van der Waals surface area (Å²) in [6, 6.07) is 7.77. The number of hydrogen-bond donors (Lipinski definition) is 1. The van der Waals surface area contributed by atoms with Crippen LogP contribution in [-0.4, -0.2) is 48.6 Å². The molecule has 2 heterocycles. The Balaban J connectivity index is 1.43. The van der Waals surface area contributed by atoms with Crippen molar-refractivity contribution >= 4 is 27.6 Å². The van der Waals surface area contributed by atoms with Crippen molar-refractivity contribution in [3.05, 3.63) is 28.7 Å². The maximum Gasteiger partial charge on any atom is 0.321 e. The topological polar surface area (TPSA) is 35.6 Å². The highest BCUT2D eigenvalue weighted by Gasteiger charge is 2.27. The molecule has 2 fully saturated rings. The number of carbonyl (C=O) groups excluding carboxylic acids is 1. The Morgan fingerprint density at radius 2 is 1.72 bits per heavy atom. The fourth-order valence-corrected chi connectivity index (χ4v) is 4.62. The monoisotopic (exact) mass is 407 g/mol. The molecule has 0 spiro atoms. The van der Waals surface area contributed by atoms with Gasteiger partial charge in [0.25, 0.3) is 0 Å². The van der Waals surface area contributed by atoms with Gasteiger partial charge in [-0.05, 0) is 61.3 Å². The van der Waals surface area contributed by atoms with Crippen molar-refractivity contribution in [1.29, 1.82) is 0 Å². The molecule has 138 valence electrons. The van der Waals surface area contributed by atoms with Crippen molar-refractivity contribution in [2.45, 2.75) is 33.1 Å². The molecule has 0 bridgehead atoms. The Morgan fingerprint density at radius 1 is 1.12 bits per heavy atom. The third-order valence-electron chi connectivity index (χ3n) is 5.46. The summed E-state index contributed by atoms with van der Waals surface area (Å²) in [4.78, 5) is 17.0. The molecule has 25 heavy (non-hydrogen) atoms. The van der Waals surface area contributed by atoms with Crippen LogP contribution in [-0.2, 0) is 0 Å². The minimum atomic E-state index is 0.0287. The zero-order valence-corrected chi connectivity index (χ0v) is 17.0. The van der Waals surface area contributed by atoms with Gasteiger partial charge in [0.05, 0.1) is 0 Å². The fraction of sp³-hybridized carbons (Fsp3) is 0.650. The Kier molecular flexibility index (Phi) is 6.39. The number of nitrogens with zero attached hydrogens (tertiary/aromatic N) is 2. The number of amides is 2. The zero-order valence-electron chi connectivity index (χ0n) is 15.4. The lowest BCUT2D eigenvalue weighted by Gasteiger charge is -2.39. The molecule has 1 aromatic carbocycles. The number of piperidine rings is 2. The number of rotatable bonds is 3. The van der Waals surface area contributed by atoms with Crippen LogP contribution in [0.1, 0.15) is 33.1 Å². The summed E-state index contributed by atoms with van der Waals surface area (Å²) < 4.78 is 1.02. The maximum atomic E-state index is 12.4. The highest BCUT2D eigenvalue weighted by atomic mass is 79.9. The Bertz CT molecular complexity index is 559. The second-order valence-electron chi connectivity index (χ2n) is 8.03. The normalized spacial score (nSPS) is 25.8. The second kappa shape index (κ2) is 8.54. The lowest BCUT2D eigenvalue weighted by Crippen LogP contribution is -2.46. The molecule has 0 saturated carbocycles. The molecule has 0 radical (unpaired) electrons. The molecular formula is C20H30BrN3O. The molecule has 2 saturated heterocycles. The summed E-state index contributed by atoms with van der Waals surface area (Å²) >= 11 is 3.42. The Morgan fingerprint density at radius 3 is 2.32 bits per heavy atom. The van der Waals surface area contributed by atoms with Crippen LogP contribution in [0.2, 0.25) is 0 Å². The number of benzene rings is 1. The van der Waals surface area contributed by atoms with Crippen LogP contribution in [0.15, 0.2) is 28.7 Å². The van der Waals surface area contributed by atoms with Crippen LogP contribution in [0.5, 0.6) is 0 Å². The molecule has 1 N–H and O–H groups in total. The zero-order chi connectivity index (χ0) is 17.8. The van der Waals surface area contributed by atoms with Crippen LogP contribution in [0, 0.1) is 17.8 Å². The van der Waals surface area contributed by atoms with Crippen LogP contribution < -0.4 is 5.32 Å². The van der Waals surface area contributed by atoms with Gasteiger partial charge < -0.3 is 15.1 Å². The first-order chi connectivity index (χ1) is 12.0. The van der Waals surface area contributed by atoms with Crippen molar-refractivity contribution < 1.29 is 4.79 Å². The van der Waals surface area contributed by atoms with E-state index in [4.69, 9.17) is 0 Å². The highest BCUT2D eigenvalue weighted by molar-refractivity contribution is 9.10. The van der Waals surface area contributed by atoms with Gasteiger partial charge in [0.1, 0.15) is 0 Å². The molecule has 1 aromatic rings. The molecule has 0 aliphatic carbocycles. The molecule has 2 atom stereocenters. The van der Waals surface area contributed by atoms with Crippen LogP contribution in [0.4, 0.5) is 10.5 Å². The first kappa shape index (κ1) is 18.7. The van der Waals surface area contributed by atoms with Gasteiger partial charge in [-0.2, -0.15) is 0 Å². The van der Waals surface area contributed by atoms with Gasteiger partial charge in [-0.15, -0.1) is 0 Å². The van der Waals surface area contributed by atoms with Crippen molar-refractivity contribution in [2.24, 2.45) is 17.8 Å². The van der Waals surface area contributed by atoms with Crippen molar-refractivity contribution in [2.75, 3.05) is 38.0 Å². The summed E-state index contributed by atoms with van der Waals surface area (Å²) in [6.45, 7) is 10.2. The number of carbonyl (C=O) groups is 1. The molecule has 4 nitrogen and oxygen atoms in total. The summed E-state index contributed by atoms with van der Waals surface area (Å²) in [5.41, 5.74) is 0.853. The number of halogens is 1. The third kappa shape index (κ3) is 5.45. The van der Waals surface area contributed by atoms with Crippen LogP contribution in [0.3, 0.4) is 0 Å². The van der Waals surface area contributed by atoms with E-state index in [2.05, 4.69) is 40.0 Å². The molecule has 0 aromatic heterocycles. The van der Waals surface area contributed by atoms with E-state index >= 15 is 0 Å². The number of anilines is 1. The molecule has 2 amide bonds. The van der Waals surface area contributed by atoms with E-state index in [-0.39, 0.29) is 6.03 Å². The number of hydrogen-bond acceptors (Lipinski definition) is 2. The van der Waals surface area contributed by atoms with Gasteiger partial charge in [-0.1, -0.05) is 29.8 Å². The molecule has 3 rings (SSSR count). The van der Waals surface area contributed by atoms with Crippen LogP contribution in [0.25, 0.3) is 0 Å². The SMILES string of the molecule is C[C@H]1C[C@H](C)CN(CC2CCN(C(=O)Nc3ccc(Br)cc3)CC2)C1. The Hall–Kier alpha value is -1.07. The average Bonchev–Trinajstić information content (AvgIpc) is 2.56. The van der Waals surface area contributed by atoms with E-state index in [9.17, 15) is 4.79 Å². The first-order valence-corrected chi connectivity index (χ1v) is 10.3. The lowest BCUT2D eigenvalue weighted by molar-refractivity contribution is 0.101. The third-order valence-corrected chi connectivity index (χ3v) is 5.99. The van der Waals surface area contributed by atoms with E-state index in [1.807, 2.05) is 29.2 Å². The minimum Gasteiger partial charge on any atom is -0.325 e. The van der Waals surface area contributed by atoms with Crippen molar-refractivity contribution in [1.82, 2.24) is 9.80 Å². The quantitative estimate of drug-likeness (QED) is 0.789. The van der Waals surface area contributed by atoms with Gasteiger partial charge in [-0.3, -0.25) is 0 Å². The van der Waals surface area contributed by atoms with E-state index in [0.717, 1.165) is 53.8 Å². The largest absolute Gasteiger partial charge is 0.325 e.